The lowest BCUT2D eigenvalue weighted by Crippen LogP contribution is -1.92. The molecule has 0 saturated heterocycles. The molecule has 2 heterocycles. The number of benzene rings is 2. The number of anilines is 2. The van der Waals surface area contributed by atoms with Crippen molar-refractivity contribution >= 4 is 40.9 Å². The number of rotatable bonds is 7. The first-order valence-electron chi connectivity index (χ1n) is 10.6. The van der Waals surface area contributed by atoms with Crippen molar-refractivity contribution in [2.45, 2.75) is 6.92 Å². The number of hydrogen-bond acceptors (Lipinski definition) is 4. The van der Waals surface area contributed by atoms with Crippen LogP contribution in [0.25, 0.3) is 28.8 Å². The van der Waals surface area contributed by atoms with Crippen LogP contribution in [-0.2, 0) is 7.05 Å². The Labute approximate surface area is 198 Å². The second-order valence-corrected chi connectivity index (χ2v) is 8.77. The number of hydrogen-bond donors (Lipinski definition) is 1. The molecular formula is C28H25N3OS. The molecule has 4 aromatic rings. The van der Waals surface area contributed by atoms with Gasteiger partial charge in [-0.3, -0.25) is 0 Å². The molecule has 4 nitrogen and oxygen atoms in total. The molecule has 0 atom stereocenters. The summed E-state index contributed by atoms with van der Waals surface area (Å²) in [5.74, 6) is 0.843. The standard InChI is InChI=1S/C28H25N3OS/c1-20(19-29)18-26-15-17-28(33-26)27-16-12-24(31(27)2)11-6-21-4-7-22(8-5-21)30-23-9-13-25(32-3)14-10-23/h4-18,30H,1-3H3/b11-6+,20-18-. The summed E-state index contributed by atoms with van der Waals surface area (Å²) in [6.07, 6.45) is 6.17. The van der Waals surface area contributed by atoms with Gasteiger partial charge < -0.3 is 14.6 Å². The summed E-state index contributed by atoms with van der Waals surface area (Å²) in [5.41, 5.74) is 6.19. The van der Waals surface area contributed by atoms with Crippen molar-refractivity contribution in [3.63, 3.8) is 0 Å². The van der Waals surface area contributed by atoms with Crippen molar-refractivity contribution in [3.05, 3.63) is 94.5 Å². The van der Waals surface area contributed by atoms with Gasteiger partial charge in [0.05, 0.1) is 23.8 Å². The minimum Gasteiger partial charge on any atom is -0.497 e. The van der Waals surface area contributed by atoms with Gasteiger partial charge in [0.1, 0.15) is 5.75 Å². The molecule has 33 heavy (non-hydrogen) atoms. The summed E-state index contributed by atoms with van der Waals surface area (Å²) >= 11 is 1.69. The summed E-state index contributed by atoms with van der Waals surface area (Å²) < 4.78 is 7.39. The van der Waals surface area contributed by atoms with Crippen LogP contribution in [0.4, 0.5) is 11.4 Å². The van der Waals surface area contributed by atoms with Crippen LogP contribution in [-0.4, -0.2) is 11.7 Å². The lowest BCUT2D eigenvalue weighted by atomic mass is 10.1. The first-order chi connectivity index (χ1) is 16.1. The Morgan fingerprint density at radius 3 is 2.30 bits per heavy atom. The van der Waals surface area contributed by atoms with Crippen LogP contribution in [0, 0.1) is 11.3 Å². The molecule has 0 unspecified atom stereocenters. The molecule has 0 aliphatic heterocycles. The van der Waals surface area contributed by atoms with Gasteiger partial charge in [-0.25, -0.2) is 0 Å². The molecule has 0 saturated carbocycles. The van der Waals surface area contributed by atoms with E-state index in [1.54, 1.807) is 18.4 Å². The smallest absolute Gasteiger partial charge is 0.119 e. The van der Waals surface area contributed by atoms with Gasteiger partial charge in [0, 0.05) is 34.6 Å². The topological polar surface area (TPSA) is 50.0 Å². The second kappa shape index (κ2) is 10.1. The predicted octanol–water partition coefficient (Wildman–Crippen LogP) is 7.60. The highest BCUT2D eigenvalue weighted by Crippen LogP contribution is 2.31. The largest absolute Gasteiger partial charge is 0.497 e. The van der Waals surface area contributed by atoms with Gasteiger partial charge in [-0.05, 0) is 85.3 Å². The minimum atomic E-state index is 0.712. The number of methoxy groups -OCH3 is 1. The minimum absolute atomic E-state index is 0.712. The van der Waals surface area contributed by atoms with Gasteiger partial charge in [0.25, 0.3) is 0 Å². The summed E-state index contributed by atoms with van der Waals surface area (Å²) in [6.45, 7) is 1.83. The summed E-state index contributed by atoms with van der Waals surface area (Å²) in [7, 11) is 3.74. The van der Waals surface area contributed by atoms with Crippen LogP contribution >= 0.6 is 11.3 Å². The normalized spacial score (nSPS) is 11.5. The van der Waals surface area contributed by atoms with E-state index in [2.05, 4.69) is 83.7 Å². The number of thiophene rings is 1. The lowest BCUT2D eigenvalue weighted by Gasteiger charge is -2.07. The van der Waals surface area contributed by atoms with Crippen LogP contribution in [0.2, 0.25) is 0 Å². The maximum atomic E-state index is 8.99. The van der Waals surface area contributed by atoms with Gasteiger partial charge in [0.2, 0.25) is 0 Å². The van der Waals surface area contributed by atoms with E-state index in [1.807, 2.05) is 37.3 Å². The van der Waals surface area contributed by atoms with Gasteiger partial charge >= 0.3 is 0 Å². The van der Waals surface area contributed by atoms with Crippen molar-refractivity contribution < 1.29 is 4.74 Å². The fraction of sp³-hybridized carbons (Fsp3) is 0.107. The Hall–Kier alpha value is -4.01. The van der Waals surface area contributed by atoms with Crippen LogP contribution < -0.4 is 10.1 Å². The van der Waals surface area contributed by atoms with Crippen LogP contribution in [0.1, 0.15) is 23.1 Å². The third-order valence-corrected chi connectivity index (χ3v) is 6.37. The molecule has 4 rings (SSSR count). The molecule has 2 aromatic heterocycles. The molecule has 2 aromatic carbocycles. The number of nitriles is 1. The molecule has 164 valence electrons. The fourth-order valence-corrected chi connectivity index (χ4v) is 4.53. The predicted molar refractivity (Wildman–Crippen MR) is 140 cm³/mol. The van der Waals surface area contributed by atoms with Crippen molar-refractivity contribution in [2.75, 3.05) is 12.4 Å². The van der Waals surface area contributed by atoms with E-state index in [0.717, 1.165) is 39.0 Å². The van der Waals surface area contributed by atoms with Crippen molar-refractivity contribution in [1.82, 2.24) is 4.57 Å². The molecule has 0 bridgehead atoms. The monoisotopic (exact) mass is 451 g/mol. The average molecular weight is 452 g/mol. The molecule has 0 aliphatic carbocycles. The van der Waals surface area contributed by atoms with E-state index in [9.17, 15) is 0 Å². The van der Waals surface area contributed by atoms with Gasteiger partial charge in [-0.2, -0.15) is 5.26 Å². The van der Waals surface area contributed by atoms with E-state index >= 15 is 0 Å². The zero-order chi connectivity index (χ0) is 23.2. The summed E-state index contributed by atoms with van der Waals surface area (Å²) in [4.78, 5) is 2.27. The molecule has 0 fully saturated rings. The van der Waals surface area contributed by atoms with E-state index in [1.165, 1.54) is 4.88 Å². The Kier molecular flexibility index (Phi) is 6.77. The molecule has 0 radical (unpaired) electrons. The highest BCUT2D eigenvalue weighted by atomic mass is 32.1. The first kappa shape index (κ1) is 22.2. The van der Waals surface area contributed by atoms with Gasteiger partial charge in [-0.15, -0.1) is 11.3 Å². The maximum absolute atomic E-state index is 8.99. The summed E-state index contributed by atoms with van der Waals surface area (Å²) in [6, 6.07) is 26.8. The van der Waals surface area contributed by atoms with Crippen molar-refractivity contribution in [3.8, 4) is 22.4 Å². The van der Waals surface area contributed by atoms with Crippen molar-refractivity contribution in [2.24, 2.45) is 7.05 Å². The first-order valence-corrected chi connectivity index (χ1v) is 11.4. The molecule has 0 amide bonds. The molecule has 0 aliphatic rings. The number of aromatic nitrogens is 1. The Balaban J connectivity index is 1.44. The zero-order valence-electron chi connectivity index (χ0n) is 18.9. The molecule has 0 spiro atoms. The number of nitrogens with zero attached hydrogens (tertiary/aromatic N) is 2. The highest BCUT2D eigenvalue weighted by molar-refractivity contribution is 7.16. The van der Waals surface area contributed by atoms with E-state index in [4.69, 9.17) is 10.00 Å². The number of allylic oxidation sites excluding steroid dienone is 1. The van der Waals surface area contributed by atoms with Gasteiger partial charge in [-0.1, -0.05) is 18.2 Å². The van der Waals surface area contributed by atoms with E-state index in [-0.39, 0.29) is 0 Å². The number of nitrogens with one attached hydrogen (secondary N) is 1. The Morgan fingerprint density at radius 2 is 1.64 bits per heavy atom. The molecule has 1 N–H and O–H groups in total. The Morgan fingerprint density at radius 1 is 0.939 bits per heavy atom. The van der Waals surface area contributed by atoms with E-state index < -0.39 is 0 Å². The zero-order valence-corrected chi connectivity index (χ0v) is 19.7. The number of ether oxygens (including phenoxy) is 1. The highest BCUT2D eigenvalue weighted by Gasteiger charge is 2.08. The summed E-state index contributed by atoms with van der Waals surface area (Å²) in [5, 5.41) is 12.4. The van der Waals surface area contributed by atoms with Crippen LogP contribution in [0.3, 0.4) is 0 Å². The SMILES string of the molecule is COc1ccc(Nc2ccc(/C=C/c3ccc(-c4ccc(/C=C(/C)C#N)s4)n3C)cc2)cc1. The van der Waals surface area contributed by atoms with E-state index in [0.29, 0.717) is 5.57 Å². The lowest BCUT2D eigenvalue weighted by molar-refractivity contribution is 0.415. The van der Waals surface area contributed by atoms with Gasteiger partial charge in [0.15, 0.2) is 0 Å². The second-order valence-electron chi connectivity index (χ2n) is 7.65. The van der Waals surface area contributed by atoms with Crippen LogP contribution in [0.5, 0.6) is 5.75 Å². The van der Waals surface area contributed by atoms with Crippen molar-refractivity contribution in [1.29, 1.82) is 5.26 Å². The maximum Gasteiger partial charge on any atom is 0.119 e. The molecule has 5 heteroatoms. The third kappa shape index (κ3) is 5.43. The Bertz CT molecular complexity index is 1330. The van der Waals surface area contributed by atoms with Crippen LogP contribution in [0.15, 0.2) is 78.4 Å². The quantitative estimate of drug-likeness (QED) is 0.294. The fourth-order valence-electron chi connectivity index (χ4n) is 3.46. The third-order valence-electron chi connectivity index (χ3n) is 5.31. The molecular weight excluding hydrogens is 426 g/mol. The average Bonchev–Trinajstić information content (AvgIpc) is 3.45.